The molecule has 0 radical (unpaired) electrons. The van der Waals surface area contributed by atoms with Crippen LogP contribution >= 0.6 is 0 Å². The molecule has 1 heterocycles. The predicted octanol–water partition coefficient (Wildman–Crippen LogP) is 2.51. The minimum Gasteiger partial charge on any atom is -0.338 e. The Labute approximate surface area is 114 Å². The fraction of sp³-hybridized carbons (Fsp3) is 0.417. The Morgan fingerprint density at radius 1 is 1.40 bits per heavy atom. The van der Waals surface area contributed by atoms with Gasteiger partial charge in [0.1, 0.15) is 5.56 Å². The molecule has 1 aliphatic heterocycles. The zero-order chi connectivity index (χ0) is 14.5. The van der Waals surface area contributed by atoms with Crippen molar-refractivity contribution < 1.29 is 9.72 Å². The largest absolute Gasteiger partial charge is 0.338 e. The van der Waals surface area contributed by atoms with Crippen molar-refractivity contribution in [3.8, 4) is 0 Å². The Hall–Kier alpha value is -2.60. The van der Waals surface area contributed by atoms with Gasteiger partial charge < -0.3 is 4.90 Å². The Morgan fingerprint density at radius 2 is 2.05 bits per heavy atom. The molecule has 1 fully saturated rings. The van der Waals surface area contributed by atoms with E-state index in [1.807, 2.05) is 0 Å². The van der Waals surface area contributed by atoms with Gasteiger partial charge >= 0.3 is 0 Å². The van der Waals surface area contributed by atoms with Gasteiger partial charge in [-0.25, -0.2) is 0 Å². The van der Waals surface area contributed by atoms with Crippen LogP contribution in [0.4, 0.5) is 5.69 Å². The standard InChI is InChI=1S/C12H13N5O3/c13-15-14-9-5-7-16(8-6-9)12(18)10-3-1-2-4-11(10)17(19)20/h1-4,9H,5-8H2. The molecule has 104 valence electrons. The molecule has 1 aliphatic rings. The van der Waals surface area contributed by atoms with E-state index in [4.69, 9.17) is 5.53 Å². The van der Waals surface area contributed by atoms with Gasteiger partial charge in [0, 0.05) is 30.1 Å². The molecule has 0 unspecified atom stereocenters. The van der Waals surface area contributed by atoms with Gasteiger partial charge in [-0.05, 0) is 24.4 Å². The van der Waals surface area contributed by atoms with Crippen LogP contribution in [0.2, 0.25) is 0 Å². The number of carbonyl (C=O) groups is 1. The van der Waals surface area contributed by atoms with Crippen LogP contribution in [-0.2, 0) is 0 Å². The van der Waals surface area contributed by atoms with Crippen molar-refractivity contribution in [2.45, 2.75) is 18.9 Å². The number of nitro groups is 1. The molecule has 20 heavy (non-hydrogen) atoms. The zero-order valence-electron chi connectivity index (χ0n) is 10.7. The molecule has 0 N–H and O–H groups in total. The van der Waals surface area contributed by atoms with Gasteiger partial charge in [-0.15, -0.1) is 0 Å². The molecule has 1 aromatic carbocycles. The number of benzene rings is 1. The molecular formula is C12H13N5O3. The first-order valence-corrected chi connectivity index (χ1v) is 6.20. The van der Waals surface area contributed by atoms with E-state index in [2.05, 4.69) is 10.0 Å². The molecular weight excluding hydrogens is 262 g/mol. The molecule has 0 saturated carbocycles. The number of amides is 1. The highest BCUT2D eigenvalue weighted by atomic mass is 16.6. The highest BCUT2D eigenvalue weighted by molar-refractivity contribution is 5.98. The van der Waals surface area contributed by atoms with Crippen LogP contribution in [-0.4, -0.2) is 34.9 Å². The maximum Gasteiger partial charge on any atom is 0.282 e. The highest BCUT2D eigenvalue weighted by Crippen LogP contribution is 2.22. The van der Waals surface area contributed by atoms with Crippen LogP contribution in [0.1, 0.15) is 23.2 Å². The third-order valence-electron chi connectivity index (χ3n) is 3.30. The van der Waals surface area contributed by atoms with Crippen molar-refractivity contribution in [3.05, 3.63) is 50.4 Å². The second kappa shape index (κ2) is 6.03. The van der Waals surface area contributed by atoms with Gasteiger partial charge in [0.2, 0.25) is 0 Å². The van der Waals surface area contributed by atoms with Crippen molar-refractivity contribution in [3.63, 3.8) is 0 Å². The topological polar surface area (TPSA) is 112 Å². The number of hydrogen-bond acceptors (Lipinski definition) is 4. The molecule has 1 aromatic rings. The summed E-state index contributed by atoms with van der Waals surface area (Å²) in [5.41, 5.74) is 8.28. The van der Waals surface area contributed by atoms with Crippen LogP contribution in [0, 0.1) is 10.1 Å². The summed E-state index contributed by atoms with van der Waals surface area (Å²) in [6.45, 7) is 0.878. The Bertz CT molecular complexity index is 574. The van der Waals surface area contributed by atoms with Gasteiger partial charge in [0.05, 0.1) is 4.92 Å². The Kier molecular flexibility index (Phi) is 4.17. The molecule has 0 aromatic heterocycles. The number of para-hydroxylation sites is 1. The minimum absolute atomic E-state index is 0.0970. The van der Waals surface area contributed by atoms with Crippen LogP contribution < -0.4 is 0 Å². The van der Waals surface area contributed by atoms with Crippen molar-refractivity contribution in [2.75, 3.05) is 13.1 Å². The summed E-state index contributed by atoms with van der Waals surface area (Å²) in [7, 11) is 0. The van der Waals surface area contributed by atoms with Crippen LogP contribution in [0.15, 0.2) is 29.4 Å². The monoisotopic (exact) mass is 275 g/mol. The summed E-state index contributed by atoms with van der Waals surface area (Å²) in [4.78, 5) is 27.0. The molecule has 0 atom stereocenters. The summed E-state index contributed by atoms with van der Waals surface area (Å²) in [6.07, 6.45) is 1.16. The molecule has 0 aliphatic carbocycles. The van der Waals surface area contributed by atoms with E-state index < -0.39 is 4.92 Å². The van der Waals surface area contributed by atoms with Gasteiger partial charge in [-0.3, -0.25) is 14.9 Å². The molecule has 1 amide bonds. The fourth-order valence-electron chi connectivity index (χ4n) is 2.24. The van der Waals surface area contributed by atoms with E-state index in [9.17, 15) is 14.9 Å². The van der Waals surface area contributed by atoms with Crippen molar-refractivity contribution in [1.29, 1.82) is 0 Å². The zero-order valence-corrected chi connectivity index (χ0v) is 10.7. The van der Waals surface area contributed by atoms with Gasteiger partial charge in [0.25, 0.3) is 11.6 Å². The number of nitro benzene ring substituents is 1. The molecule has 2 rings (SSSR count). The van der Waals surface area contributed by atoms with Crippen molar-refractivity contribution >= 4 is 11.6 Å². The molecule has 1 saturated heterocycles. The number of hydrogen-bond donors (Lipinski definition) is 0. The maximum absolute atomic E-state index is 12.3. The lowest BCUT2D eigenvalue weighted by Gasteiger charge is -2.29. The van der Waals surface area contributed by atoms with Crippen LogP contribution in [0.3, 0.4) is 0 Å². The lowest BCUT2D eigenvalue weighted by molar-refractivity contribution is -0.385. The lowest BCUT2D eigenvalue weighted by Crippen LogP contribution is -2.39. The molecule has 8 heteroatoms. The Morgan fingerprint density at radius 3 is 2.65 bits per heavy atom. The number of piperidine rings is 1. The first-order chi connectivity index (χ1) is 9.63. The third kappa shape index (κ3) is 2.86. The summed E-state index contributed by atoms with van der Waals surface area (Å²) in [5.74, 6) is -0.350. The predicted molar refractivity (Wildman–Crippen MR) is 71.2 cm³/mol. The summed E-state index contributed by atoms with van der Waals surface area (Å²) in [5, 5.41) is 14.6. The first kappa shape index (κ1) is 13.8. The number of carbonyl (C=O) groups excluding carboxylic acids is 1. The molecule has 0 bridgehead atoms. The van der Waals surface area contributed by atoms with Crippen molar-refractivity contribution in [1.82, 2.24) is 4.90 Å². The van der Waals surface area contributed by atoms with Crippen LogP contribution in [0.25, 0.3) is 10.4 Å². The van der Waals surface area contributed by atoms with Crippen LogP contribution in [0.5, 0.6) is 0 Å². The number of nitrogens with zero attached hydrogens (tertiary/aromatic N) is 5. The number of rotatable bonds is 3. The van der Waals surface area contributed by atoms with E-state index >= 15 is 0 Å². The van der Waals surface area contributed by atoms with E-state index in [0.29, 0.717) is 25.9 Å². The second-order valence-corrected chi connectivity index (χ2v) is 4.50. The van der Waals surface area contributed by atoms with E-state index in [-0.39, 0.29) is 23.2 Å². The quantitative estimate of drug-likeness (QED) is 0.277. The molecule has 0 spiro atoms. The average molecular weight is 275 g/mol. The SMILES string of the molecule is [N-]=[N+]=NC1CCN(C(=O)c2ccccc2[N+](=O)[O-])CC1. The van der Waals surface area contributed by atoms with Crippen molar-refractivity contribution in [2.24, 2.45) is 5.11 Å². The first-order valence-electron chi connectivity index (χ1n) is 6.20. The summed E-state index contributed by atoms with van der Waals surface area (Å²) >= 11 is 0. The number of likely N-dealkylation sites (tertiary alicyclic amines) is 1. The lowest BCUT2D eigenvalue weighted by atomic mass is 10.0. The molecule has 8 nitrogen and oxygen atoms in total. The third-order valence-corrected chi connectivity index (χ3v) is 3.30. The minimum atomic E-state index is -0.556. The van der Waals surface area contributed by atoms with Gasteiger partial charge in [-0.2, -0.15) is 0 Å². The highest BCUT2D eigenvalue weighted by Gasteiger charge is 2.27. The second-order valence-electron chi connectivity index (χ2n) is 4.50. The van der Waals surface area contributed by atoms with E-state index in [0.717, 1.165) is 0 Å². The summed E-state index contributed by atoms with van der Waals surface area (Å²) < 4.78 is 0. The van der Waals surface area contributed by atoms with Gasteiger partial charge in [0.15, 0.2) is 0 Å². The number of azide groups is 1. The fourth-order valence-corrected chi connectivity index (χ4v) is 2.24. The van der Waals surface area contributed by atoms with E-state index in [1.54, 1.807) is 11.0 Å². The maximum atomic E-state index is 12.3. The van der Waals surface area contributed by atoms with Gasteiger partial charge in [-0.1, -0.05) is 17.2 Å². The Balaban J connectivity index is 2.13. The normalized spacial score (nSPS) is 15.5. The smallest absolute Gasteiger partial charge is 0.282 e. The average Bonchev–Trinajstić information content (AvgIpc) is 2.47. The summed E-state index contributed by atoms with van der Waals surface area (Å²) in [6, 6.07) is 5.81. The van der Waals surface area contributed by atoms with E-state index in [1.165, 1.54) is 18.2 Å².